The number of ether oxygens (including phenoxy) is 1. The molecule has 9 nitrogen and oxygen atoms in total. The lowest BCUT2D eigenvalue weighted by Crippen LogP contribution is -2.55. The van der Waals surface area contributed by atoms with Gasteiger partial charge in [0.1, 0.15) is 5.82 Å². The highest BCUT2D eigenvalue weighted by Crippen LogP contribution is 2.20. The van der Waals surface area contributed by atoms with Crippen LogP contribution in [-0.2, 0) is 25.5 Å². The monoisotopic (exact) mass is 457 g/mol. The van der Waals surface area contributed by atoms with Crippen molar-refractivity contribution in [1.82, 2.24) is 24.5 Å². The van der Waals surface area contributed by atoms with Crippen molar-refractivity contribution >= 4 is 17.7 Å². The number of aromatic nitrogens is 2. The maximum absolute atomic E-state index is 13.3. The van der Waals surface area contributed by atoms with Crippen LogP contribution in [0.15, 0.2) is 24.3 Å². The van der Waals surface area contributed by atoms with Crippen molar-refractivity contribution in [3.05, 3.63) is 47.0 Å². The molecular formula is C23H28FN5O4. The maximum atomic E-state index is 13.3. The van der Waals surface area contributed by atoms with E-state index in [2.05, 4.69) is 5.10 Å². The van der Waals surface area contributed by atoms with E-state index in [1.807, 2.05) is 13.8 Å². The lowest BCUT2D eigenvalue weighted by Gasteiger charge is -2.36. The van der Waals surface area contributed by atoms with Gasteiger partial charge in [0.25, 0.3) is 0 Å². The van der Waals surface area contributed by atoms with Crippen LogP contribution in [0.2, 0.25) is 0 Å². The minimum absolute atomic E-state index is 0.0496. The van der Waals surface area contributed by atoms with Gasteiger partial charge >= 0.3 is 11.8 Å². The van der Waals surface area contributed by atoms with E-state index in [9.17, 15) is 18.8 Å². The molecule has 1 aromatic carbocycles. The molecule has 0 bridgehead atoms. The van der Waals surface area contributed by atoms with E-state index >= 15 is 0 Å². The molecule has 3 heterocycles. The summed E-state index contributed by atoms with van der Waals surface area (Å²) in [5.41, 5.74) is 3.14. The van der Waals surface area contributed by atoms with E-state index in [0.717, 1.165) is 22.6 Å². The second-order valence-corrected chi connectivity index (χ2v) is 8.29. The van der Waals surface area contributed by atoms with Crippen molar-refractivity contribution in [2.24, 2.45) is 0 Å². The van der Waals surface area contributed by atoms with Crippen LogP contribution in [-0.4, -0.2) is 94.7 Å². The van der Waals surface area contributed by atoms with Crippen LogP contribution in [0.4, 0.5) is 4.39 Å². The number of hydrogen-bond acceptors (Lipinski definition) is 5. The molecule has 2 fully saturated rings. The van der Waals surface area contributed by atoms with Gasteiger partial charge in [-0.05, 0) is 38.1 Å². The number of amides is 3. The zero-order chi connectivity index (χ0) is 23.5. The predicted molar refractivity (Wildman–Crippen MR) is 117 cm³/mol. The Kier molecular flexibility index (Phi) is 6.73. The van der Waals surface area contributed by atoms with E-state index in [0.29, 0.717) is 52.5 Å². The van der Waals surface area contributed by atoms with Crippen LogP contribution >= 0.6 is 0 Å². The van der Waals surface area contributed by atoms with E-state index in [4.69, 9.17) is 4.74 Å². The fourth-order valence-electron chi connectivity index (χ4n) is 4.22. The largest absolute Gasteiger partial charge is 0.378 e. The third-order valence-corrected chi connectivity index (χ3v) is 6.24. The van der Waals surface area contributed by atoms with Gasteiger partial charge in [-0.1, -0.05) is 0 Å². The highest BCUT2D eigenvalue weighted by molar-refractivity contribution is 6.34. The first kappa shape index (κ1) is 22.9. The van der Waals surface area contributed by atoms with Crippen molar-refractivity contribution in [3.63, 3.8) is 0 Å². The molecule has 2 saturated heterocycles. The molecule has 10 heteroatoms. The van der Waals surface area contributed by atoms with E-state index in [-0.39, 0.29) is 18.1 Å². The molecular weight excluding hydrogens is 429 g/mol. The third-order valence-electron chi connectivity index (χ3n) is 6.24. The molecule has 4 rings (SSSR count). The average molecular weight is 458 g/mol. The van der Waals surface area contributed by atoms with E-state index in [1.165, 1.54) is 21.9 Å². The number of morpholine rings is 1. The van der Waals surface area contributed by atoms with Crippen LogP contribution in [0.1, 0.15) is 17.0 Å². The summed E-state index contributed by atoms with van der Waals surface area (Å²) in [6, 6.07) is 6.05. The van der Waals surface area contributed by atoms with Crippen molar-refractivity contribution in [2.75, 3.05) is 52.5 Å². The standard InChI is InChI=1S/C23H28FN5O4/c1-16-20(17(2)29(25-16)19-5-3-18(24)4-6-19)15-21(30)26-7-9-27(10-8-26)22(31)23(32)28-11-13-33-14-12-28/h3-6H,7-15H2,1-2H3. The smallest absolute Gasteiger partial charge is 0.312 e. The summed E-state index contributed by atoms with van der Waals surface area (Å²) in [7, 11) is 0. The number of hydrogen-bond donors (Lipinski definition) is 0. The molecule has 0 spiro atoms. The number of carbonyl (C=O) groups is 3. The van der Waals surface area contributed by atoms with Gasteiger partial charge in [0.15, 0.2) is 0 Å². The Morgan fingerprint density at radius 1 is 0.879 bits per heavy atom. The summed E-state index contributed by atoms with van der Waals surface area (Å²) in [6.07, 6.45) is 0.194. The Morgan fingerprint density at radius 3 is 2.03 bits per heavy atom. The van der Waals surface area contributed by atoms with Crippen molar-refractivity contribution in [3.8, 4) is 5.69 Å². The van der Waals surface area contributed by atoms with Gasteiger partial charge in [-0.3, -0.25) is 14.4 Å². The van der Waals surface area contributed by atoms with Gasteiger partial charge < -0.3 is 19.4 Å². The molecule has 176 valence electrons. The number of carbonyl (C=O) groups excluding carboxylic acids is 3. The quantitative estimate of drug-likeness (QED) is 0.634. The predicted octanol–water partition coefficient (Wildman–Crippen LogP) is 0.700. The first-order valence-electron chi connectivity index (χ1n) is 11.1. The van der Waals surface area contributed by atoms with Crippen molar-refractivity contribution < 1.29 is 23.5 Å². The second-order valence-electron chi connectivity index (χ2n) is 8.29. The highest BCUT2D eigenvalue weighted by atomic mass is 19.1. The Balaban J connectivity index is 1.35. The molecule has 1 aromatic heterocycles. The van der Waals surface area contributed by atoms with Crippen molar-refractivity contribution in [1.29, 1.82) is 0 Å². The number of nitrogens with zero attached hydrogens (tertiary/aromatic N) is 5. The minimum atomic E-state index is -0.517. The van der Waals surface area contributed by atoms with Gasteiger partial charge in [0, 0.05) is 50.5 Å². The molecule has 33 heavy (non-hydrogen) atoms. The number of piperazine rings is 1. The Bertz CT molecular complexity index is 1040. The Labute approximate surface area is 191 Å². The van der Waals surface area contributed by atoms with Crippen molar-refractivity contribution in [2.45, 2.75) is 20.3 Å². The van der Waals surface area contributed by atoms with Gasteiger partial charge in [-0.25, -0.2) is 9.07 Å². The average Bonchev–Trinajstić information content (AvgIpc) is 3.12. The van der Waals surface area contributed by atoms with Crippen LogP contribution in [0.25, 0.3) is 5.69 Å². The van der Waals surface area contributed by atoms with Crippen LogP contribution in [0.3, 0.4) is 0 Å². The van der Waals surface area contributed by atoms with Gasteiger partial charge in [0.2, 0.25) is 5.91 Å². The number of rotatable bonds is 3. The summed E-state index contributed by atoms with van der Waals surface area (Å²) in [5, 5.41) is 4.53. The molecule has 0 radical (unpaired) electrons. The van der Waals surface area contributed by atoms with Gasteiger partial charge in [0.05, 0.1) is 31.0 Å². The fourth-order valence-corrected chi connectivity index (χ4v) is 4.22. The van der Waals surface area contributed by atoms with Crippen LogP contribution < -0.4 is 0 Å². The summed E-state index contributed by atoms with van der Waals surface area (Å²) < 4.78 is 20.2. The summed E-state index contributed by atoms with van der Waals surface area (Å²) in [5.74, 6) is -1.39. The lowest BCUT2D eigenvalue weighted by molar-refractivity contribution is -0.155. The molecule has 0 N–H and O–H groups in total. The summed E-state index contributed by atoms with van der Waals surface area (Å²) in [4.78, 5) is 42.7. The normalized spacial score (nSPS) is 16.8. The number of halogens is 1. The van der Waals surface area contributed by atoms with E-state index < -0.39 is 11.8 Å². The maximum Gasteiger partial charge on any atom is 0.312 e. The zero-order valence-electron chi connectivity index (χ0n) is 18.9. The van der Waals surface area contributed by atoms with E-state index in [1.54, 1.807) is 21.7 Å². The lowest BCUT2D eigenvalue weighted by atomic mass is 10.1. The Hall–Kier alpha value is -3.27. The second kappa shape index (κ2) is 9.70. The molecule has 0 aliphatic carbocycles. The molecule has 2 aliphatic heterocycles. The molecule has 3 amide bonds. The van der Waals surface area contributed by atoms with Crippen LogP contribution in [0.5, 0.6) is 0 Å². The summed E-state index contributed by atoms with van der Waals surface area (Å²) >= 11 is 0. The molecule has 0 saturated carbocycles. The third kappa shape index (κ3) is 4.90. The molecule has 0 atom stereocenters. The van der Waals surface area contributed by atoms with Crippen LogP contribution in [0, 0.1) is 19.7 Å². The molecule has 2 aromatic rings. The topological polar surface area (TPSA) is 88.0 Å². The number of benzene rings is 1. The molecule has 2 aliphatic rings. The number of aryl methyl sites for hydroxylation is 1. The van der Waals surface area contributed by atoms with Gasteiger partial charge in [-0.2, -0.15) is 5.10 Å². The first-order chi connectivity index (χ1) is 15.8. The molecule has 0 unspecified atom stereocenters. The minimum Gasteiger partial charge on any atom is -0.378 e. The van der Waals surface area contributed by atoms with Gasteiger partial charge in [-0.15, -0.1) is 0 Å². The first-order valence-corrected chi connectivity index (χ1v) is 11.1. The highest BCUT2D eigenvalue weighted by Gasteiger charge is 2.31. The SMILES string of the molecule is Cc1nn(-c2ccc(F)cc2)c(C)c1CC(=O)N1CCN(C(=O)C(=O)N2CCOCC2)CC1. The Morgan fingerprint density at radius 2 is 1.42 bits per heavy atom. The summed E-state index contributed by atoms with van der Waals surface area (Å²) in [6.45, 7) is 6.89. The fraction of sp³-hybridized carbons (Fsp3) is 0.478. The zero-order valence-corrected chi connectivity index (χ0v) is 18.9.